The van der Waals surface area contributed by atoms with Crippen molar-refractivity contribution in [3.63, 3.8) is 0 Å². The molecule has 0 radical (unpaired) electrons. The van der Waals surface area contributed by atoms with E-state index in [4.69, 9.17) is 5.73 Å². The van der Waals surface area contributed by atoms with E-state index in [9.17, 15) is 13.2 Å². The maximum absolute atomic E-state index is 12.7. The maximum atomic E-state index is 12.7. The van der Waals surface area contributed by atoms with Crippen LogP contribution in [0.1, 0.15) is 32.2 Å². The molecule has 23 heavy (non-hydrogen) atoms. The third kappa shape index (κ3) is 2.86. The predicted molar refractivity (Wildman–Crippen MR) is 88.5 cm³/mol. The molecule has 3 rings (SSSR count). The Morgan fingerprint density at radius 2 is 1.87 bits per heavy atom. The largest absolute Gasteiger partial charge is 0.368 e. The predicted octanol–water partition coefficient (Wildman–Crippen LogP) is 1.86. The Bertz CT molecular complexity index is 835. The van der Waals surface area contributed by atoms with Crippen LogP contribution in [0.15, 0.2) is 35.4 Å². The van der Waals surface area contributed by atoms with E-state index in [0.29, 0.717) is 18.0 Å². The molecule has 0 bridgehead atoms. The van der Waals surface area contributed by atoms with Gasteiger partial charge in [0.2, 0.25) is 15.9 Å². The van der Waals surface area contributed by atoms with E-state index in [1.165, 1.54) is 0 Å². The van der Waals surface area contributed by atoms with E-state index >= 15 is 0 Å². The fourth-order valence-corrected chi connectivity index (χ4v) is 4.58. The molecule has 1 amide bonds. The highest BCUT2D eigenvalue weighted by atomic mass is 32.2. The Morgan fingerprint density at radius 1 is 1.17 bits per heavy atom. The van der Waals surface area contributed by atoms with Gasteiger partial charge in [0, 0.05) is 30.2 Å². The Kier molecular flexibility index (Phi) is 4.16. The van der Waals surface area contributed by atoms with Crippen molar-refractivity contribution in [1.29, 1.82) is 0 Å². The number of primary amides is 1. The Hall–Kier alpha value is -1.86. The zero-order valence-corrected chi connectivity index (χ0v) is 13.9. The minimum absolute atomic E-state index is 0.302. The lowest BCUT2D eigenvalue weighted by Gasteiger charge is -2.25. The second-order valence-corrected chi connectivity index (χ2v) is 7.92. The Labute approximate surface area is 135 Å². The van der Waals surface area contributed by atoms with Crippen LogP contribution < -0.4 is 5.73 Å². The van der Waals surface area contributed by atoms with Gasteiger partial charge in [-0.05, 0) is 44.0 Å². The molecule has 2 N–H and O–H groups in total. The molecule has 0 saturated carbocycles. The third-order valence-corrected chi connectivity index (χ3v) is 6.37. The number of aromatic nitrogens is 1. The fourth-order valence-electron chi connectivity index (χ4n) is 3.03. The minimum atomic E-state index is -3.45. The standard InChI is InChI=1S/C16H21N3O3S/c1-12(16(17)20)19-10-7-13-11-14(5-6-15(13)19)23(21,22)18-8-3-2-4-9-18/h5-7,10-12H,2-4,8-9H2,1H3,(H2,17,20). The average molecular weight is 335 g/mol. The van der Waals surface area contributed by atoms with Gasteiger partial charge in [-0.25, -0.2) is 8.42 Å². The quantitative estimate of drug-likeness (QED) is 0.925. The number of rotatable bonds is 4. The average Bonchev–Trinajstić information content (AvgIpc) is 2.97. The summed E-state index contributed by atoms with van der Waals surface area (Å²) in [5, 5.41) is 0.788. The zero-order chi connectivity index (χ0) is 16.6. The van der Waals surface area contributed by atoms with Gasteiger partial charge in [-0.15, -0.1) is 0 Å². The molecule has 1 aromatic heterocycles. The molecule has 7 heteroatoms. The summed E-state index contributed by atoms with van der Waals surface area (Å²) >= 11 is 0. The summed E-state index contributed by atoms with van der Waals surface area (Å²) in [4.78, 5) is 11.7. The first kappa shape index (κ1) is 16.0. The van der Waals surface area contributed by atoms with Gasteiger partial charge in [-0.1, -0.05) is 6.42 Å². The fraction of sp³-hybridized carbons (Fsp3) is 0.438. The van der Waals surface area contributed by atoms with Crippen LogP contribution >= 0.6 is 0 Å². The third-order valence-electron chi connectivity index (χ3n) is 4.47. The van der Waals surface area contributed by atoms with E-state index in [0.717, 1.165) is 30.2 Å². The van der Waals surface area contributed by atoms with Gasteiger partial charge in [-0.3, -0.25) is 4.79 Å². The topological polar surface area (TPSA) is 85.4 Å². The Balaban J connectivity index is 1.99. The van der Waals surface area contributed by atoms with Crippen LogP contribution in [0.4, 0.5) is 0 Å². The Morgan fingerprint density at radius 3 is 2.52 bits per heavy atom. The van der Waals surface area contributed by atoms with Crippen molar-refractivity contribution in [2.45, 2.75) is 37.1 Å². The summed E-state index contributed by atoms with van der Waals surface area (Å²) in [6.45, 7) is 2.89. The van der Waals surface area contributed by atoms with E-state index in [-0.39, 0.29) is 0 Å². The van der Waals surface area contributed by atoms with Gasteiger partial charge in [-0.2, -0.15) is 4.31 Å². The maximum Gasteiger partial charge on any atom is 0.243 e. The lowest BCUT2D eigenvalue weighted by molar-refractivity contribution is -0.120. The molecular formula is C16H21N3O3S. The van der Waals surface area contributed by atoms with Crippen molar-refractivity contribution in [2.24, 2.45) is 5.73 Å². The highest BCUT2D eigenvalue weighted by Crippen LogP contribution is 2.26. The number of nitrogens with two attached hydrogens (primary N) is 1. The van der Waals surface area contributed by atoms with Crippen LogP contribution in [0.25, 0.3) is 10.9 Å². The van der Waals surface area contributed by atoms with Crippen molar-refractivity contribution < 1.29 is 13.2 Å². The zero-order valence-electron chi connectivity index (χ0n) is 13.1. The number of hydrogen-bond acceptors (Lipinski definition) is 3. The van der Waals surface area contributed by atoms with E-state index in [1.54, 1.807) is 40.2 Å². The number of sulfonamides is 1. The first-order valence-electron chi connectivity index (χ1n) is 7.81. The summed E-state index contributed by atoms with van der Waals surface area (Å²) in [5.74, 6) is -0.424. The molecule has 1 fully saturated rings. The van der Waals surface area contributed by atoms with Gasteiger partial charge in [0.25, 0.3) is 0 Å². The number of carbonyl (C=O) groups excluding carboxylic acids is 1. The monoisotopic (exact) mass is 335 g/mol. The van der Waals surface area contributed by atoms with Crippen LogP contribution in [0, 0.1) is 0 Å². The van der Waals surface area contributed by atoms with Crippen molar-refractivity contribution in [3.05, 3.63) is 30.5 Å². The number of carbonyl (C=O) groups is 1. The molecule has 1 unspecified atom stereocenters. The molecule has 1 aliphatic heterocycles. The van der Waals surface area contributed by atoms with E-state index in [2.05, 4.69) is 0 Å². The van der Waals surface area contributed by atoms with Crippen molar-refractivity contribution >= 4 is 26.8 Å². The second-order valence-electron chi connectivity index (χ2n) is 5.99. The summed E-state index contributed by atoms with van der Waals surface area (Å²) in [5.41, 5.74) is 6.15. The molecule has 1 aliphatic rings. The molecule has 1 atom stereocenters. The lowest BCUT2D eigenvalue weighted by Crippen LogP contribution is -2.35. The minimum Gasteiger partial charge on any atom is -0.368 e. The van der Waals surface area contributed by atoms with Gasteiger partial charge >= 0.3 is 0 Å². The second kappa shape index (κ2) is 5.98. The molecule has 1 aromatic carbocycles. The summed E-state index contributed by atoms with van der Waals surface area (Å²) in [7, 11) is -3.45. The molecular weight excluding hydrogens is 314 g/mol. The number of hydrogen-bond donors (Lipinski definition) is 1. The summed E-state index contributed by atoms with van der Waals surface area (Å²) in [6, 6.07) is 6.35. The van der Waals surface area contributed by atoms with Crippen LogP contribution in [-0.2, 0) is 14.8 Å². The smallest absolute Gasteiger partial charge is 0.243 e. The summed E-state index contributed by atoms with van der Waals surface area (Å²) < 4.78 is 28.8. The van der Waals surface area contributed by atoms with Crippen LogP contribution in [0.2, 0.25) is 0 Å². The summed E-state index contributed by atoms with van der Waals surface area (Å²) in [6.07, 6.45) is 4.66. The van der Waals surface area contributed by atoms with Crippen molar-refractivity contribution in [2.75, 3.05) is 13.1 Å². The molecule has 2 aromatic rings. The van der Waals surface area contributed by atoms with Crippen LogP contribution in [0.5, 0.6) is 0 Å². The SMILES string of the molecule is CC(C(N)=O)n1ccc2cc(S(=O)(=O)N3CCCCC3)ccc21. The number of piperidine rings is 1. The van der Waals surface area contributed by atoms with E-state index < -0.39 is 22.0 Å². The van der Waals surface area contributed by atoms with E-state index in [1.807, 2.05) is 6.07 Å². The first-order chi connectivity index (χ1) is 10.9. The number of nitrogens with zero attached hydrogens (tertiary/aromatic N) is 2. The molecule has 0 aliphatic carbocycles. The molecule has 6 nitrogen and oxygen atoms in total. The van der Waals surface area contributed by atoms with Crippen LogP contribution in [0.3, 0.4) is 0 Å². The number of benzene rings is 1. The van der Waals surface area contributed by atoms with Crippen molar-refractivity contribution in [3.8, 4) is 0 Å². The number of fused-ring (bicyclic) bond motifs is 1. The van der Waals surface area contributed by atoms with Gasteiger partial charge in [0.1, 0.15) is 6.04 Å². The molecule has 0 spiro atoms. The van der Waals surface area contributed by atoms with Crippen LogP contribution in [-0.4, -0.2) is 36.3 Å². The number of amides is 1. The molecule has 2 heterocycles. The molecule has 124 valence electrons. The van der Waals surface area contributed by atoms with Crippen molar-refractivity contribution in [1.82, 2.24) is 8.87 Å². The highest BCUT2D eigenvalue weighted by molar-refractivity contribution is 7.89. The molecule has 1 saturated heterocycles. The van der Waals surface area contributed by atoms with Gasteiger partial charge < -0.3 is 10.3 Å². The van der Waals surface area contributed by atoms with Gasteiger partial charge in [0.05, 0.1) is 4.90 Å². The lowest BCUT2D eigenvalue weighted by atomic mass is 10.2. The normalized spacial score (nSPS) is 18.1. The first-order valence-corrected chi connectivity index (χ1v) is 9.25. The van der Waals surface area contributed by atoms with Gasteiger partial charge in [0.15, 0.2) is 0 Å². The highest BCUT2D eigenvalue weighted by Gasteiger charge is 2.26.